The first-order valence-electron chi connectivity index (χ1n) is 5.05. The van der Waals surface area contributed by atoms with Gasteiger partial charge in [0.2, 0.25) is 10.0 Å². The van der Waals surface area contributed by atoms with Crippen LogP contribution in [0.2, 0.25) is 0 Å². The van der Waals surface area contributed by atoms with E-state index in [0.29, 0.717) is 6.54 Å². The molecule has 0 saturated heterocycles. The molecule has 0 fully saturated rings. The third-order valence-corrected chi connectivity index (χ3v) is 3.15. The van der Waals surface area contributed by atoms with Gasteiger partial charge in [0.15, 0.2) is 0 Å². The van der Waals surface area contributed by atoms with E-state index in [2.05, 4.69) is 5.32 Å². The monoisotopic (exact) mass is 280 g/mol. The second-order valence-corrected chi connectivity index (χ2v) is 5.38. The lowest BCUT2D eigenvalue weighted by atomic mass is 10.4. The van der Waals surface area contributed by atoms with Gasteiger partial charge in [-0.05, 0) is 13.0 Å². The lowest BCUT2D eigenvalue weighted by Gasteiger charge is -2.15. The van der Waals surface area contributed by atoms with Crippen molar-refractivity contribution in [3.63, 3.8) is 0 Å². The van der Waals surface area contributed by atoms with Crippen LogP contribution in [0.25, 0.3) is 0 Å². The number of hydrogen-bond donors (Lipinski definition) is 2. The maximum absolute atomic E-state index is 12.4. The van der Waals surface area contributed by atoms with E-state index in [0.717, 1.165) is 6.42 Å². The van der Waals surface area contributed by atoms with Crippen molar-refractivity contribution in [1.29, 1.82) is 0 Å². The second-order valence-electron chi connectivity index (χ2n) is 3.45. The highest BCUT2D eigenvalue weighted by molar-refractivity contribution is 7.89. The van der Waals surface area contributed by atoms with Crippen molar-refractivity contribution in [2.75, 3.05) is 25.4 Å². The molecule has 0 aromatic heterocycles. The first-order chi connectivity index (χ1) is 7.71. The fourth-order valence-electron chi connectivity index (χ4n) is 0.864. The van der Waals surface area contributed by atoms with Crippen LogP contribution in [0.1, 0.15) is 13.3 Å². The Labute approximate surface area is 97.8 Å². The zero-order valence-electron chi connectivity index (χ0n) is 9.35. The van der Waals surface area contributed by atoms with Crippen molar-refractivity contribution in [1.82, 2.24) is 10.0 Å². The highest BCUT2D eigenvalue weighted by Crippen LogP contribution is 2.21. The molecule has 0 radical (unpaired) electrons. The fourth-order valence-corrected chi connectivity index (χ4v) is 1.83. The molecule has 0 aromatic rings. The molecule has 0 atom stereocenters. The molecule has 0 saturated carbocycles. The Balaban J connectivity index is 4.02. The average Bonchev–Trinajstić information content (AvgIpc) is 2.22. The molecule has 0 rings (SSSR count). The van der Waals surface area contributed by atoms with Crippen molar-refractivity contribution >= 4 is 10.0 Å². The smallest absolute Gasteiger partial charge is 0.316 e. The minimum absolute atomic E-state index is 0.0867. The van der Waals surface area contributed by atoms with Crippen molar-refractivity contribution in [3.8, 4) is 0 Å². The van der Waals surface area contributed by atoms with Crippen LogP contribution in [-0.2, 0) is 10.0 Å². The van der Waals surface area contributed by atoms with Gasteiger partial charge in [0.1, 0.15) is 0 Å². The van der Waals surface area contributed by atoms with Crippen LogP contribution in [0.15, 0.2) is 0 Å². The number of sulfonamides is 1. The minimum Gasteiger partial charge on any atom is -0.316 e. The lowest BCUT2D eigenvalue weighted by molar-refractivity contribution is -0.122. The first-order valence-corrected chi connectivity index (χ1v) is 6.70. The summed E-state index contributed by atoms with van der Waals surface area (Å²) in [6.45, 7) is 0.982. The maximum Gasteiger partial charge on any atom is 0.320 e. The number of alkyl halides is 4. The van der Waals surface area contributed by atoms with E-state index in [1.165, 1.54) is 4.72 Å². The second kappa shape index (κ2) is 7.12. The topological polar surface area (TPSA) is 58.2 Å². The largest absolute Gasteiger partial charge is 0.320 e. The summed E-state index contributed by atoms with van der Waals surface area (Å²) in [6.07, 6.45) is -3.08. The van der Waals surface area contributed by atoms with Crippen LogP contribution < -0.4 is 10.0 Å². The predicted octanol–water partition coefficient (Wildman–Crippen LogP) is 0.806. The first kappa shape index (κ1) is 16.6. The van der Waals surface area contributed by atoms with Crippen LogP contribution in [0.4, 0.5) is 17.6 Å². The highest BCUT2D eigenvalue weighted by Gasteiger charge is 2.41. The molecule has 0 amide bonds. The quantitative estimate of drug-likeness (QED) is 0.485. The molecule has 2 N–H and O–H groups in total. The van der Waals surface area contributed by atoms with Crippen LogP contribution in [0.5, 0.6) is 0 Å². The maximum atomic E-state index is 12.4. The minimum atomic E-state index is -4.34. The Morgan fingerprint density at radius 1 is 1.24 bits per heavy atom. The van der Waals surface area contributed by atoms with Gasteiger partial charge in [-0.15, -0.1) is 0 Å². The van der Waals surface area contributed by atoms with Gasteiger partial charge < -0.3 is 5.32 Å². The number of rotatable bonds is 9. The Morgan fingerprint density at radius 3 is 2.29 bits per heavy atom. The molecule has 4 nitrogen and oxygen atoms in total. The van der Waals surface area contributed by atoms with E-state index < -0.39 is 34.7 Å². The summed E-state index contributed by atoms with van der Waals surface area (Å²) in [6, 6.07) is 0. The Hall–Kier alpha value is -0.410. The Kier molecular flexibility index (Phi) is 6.95. The Bertz CT molecular complexity index is 309. The highest BCUT2D eigenvalue weighted by atomic mass is 32.2. The molecule has 9 heteroatoms. The van der Waals surface area contributed by atoms with Crippen molar-refractivity contribution in [3.05, 3.63) is 0 Å². The number of nitrogens with one attached hydrogen (secondary N) is 2. The van der Waals surface area contributed by atoms with Crippen LogP contribution >= 0.6 is 0 Å². The van der Waals surface area contributed by atoms with E-state index in [1.54, 1.807) is 0 Å². The van der Waals surface area contributed by atoms with E-state index in [9.17, 15) is 26.0 Å². The van der Waals surface area contributed by atoms with E-state index in [4.69, 9.17) is 0 Å². The molecule has 0 heterocycles. The van der Waals surface area contributed by atoms with Crippen LogP contribution in [-0.4, -0.2) is 46.2 Å². The van der Waals surface area contributed by atoms with Crippen molar-refractivity contribution in [2.45, 2.75) is 25.7 Å². The van der Waals surface area contributed by atoms with E-state index in [1.807, 2.05) is 6.92 Å². The summed E-state index contributed by atoms with van der Waals surface area (Å²) in [5, 5.41) is 2.76. The van der Waals surface area contributed by atoms with Gasteiger partial charge in [-0.3, -0.25) is 0 Å². The van der Waals surface area contributed by atoms with Gasteiger partial charge in [0, 0.05) is 6.54 Å². The molecule has 0 aliphatic heterocycles. The number of halogens is 4. The standard InChI is InChI=1S/C8H16F4N2O2S/c1-2-3-13-4-5-17(15,16)14-6-8(11,12)7(9)10/h7,13-14H,2-6H2,1H3. The van der Waals surface area contributed by atoms with E-state index >= 15 is 0 Å². The third kappa shape index (κ3) is 7.50. The zero-order chi connectivity index (χ0) is 13.5. The summed E-state index contributed by atoms with van der Waals surface area (Å²) in [7, 11) is -3.95. The molecular formula is C8H16F4N2O2S. The molecule has 0 aliphatic rings. The Morgan fingerprint density at radius 2 is 1.82 bits per heavy atom. The average molecular weight is 280 g/mol. The van der Waals surface area contributed by atoms with Gasteiger partial charge in [-0.1, -0.05) is 6.92 Å². The molecule has 0 spiro atoms. The van der Waals surface area contributed by atoms with Crippen LogP contribution in [0.3, 0.4) is 0 Å². The van der Waals surface area contributed by atoms with Crippen LogP contribution in [0, 0.1) is 0 Å². The van der Waals surface area contributed by atoms with Crippen molar-refractivity contribution < 1.29 is 26.0 Å². The molecule has 0 aliphatic carbocycles. The molecule has 104 valence electrons. The zero-order valence-corrected chi connectivity index (χ0v) is 10.2. The van der Waals surface area contributed by atoms with Gasteiger partial charge in [-0.25, -0.2) is 21.9 Å². The summed E-state index contributed by atoms with van der Waals surface area (Å²) in [5.74, 6) is -4.77. The molecule has 0 unspecified atom stereocenters. The SMILES string of the molecule is CCCNCCS(=O)(=O)NCC(F)(F)C(F)F. The van der Waals surface area contributed by atoms with Gasteiger partial charge in [0.05, 0.1) is 12.3 Å². The summed E-state index contributed by atoms with van der Waals surface area (Å²) >= 11 is 0. The predicted molar refractivity (Wildman–Crippen MR) is 55.9 cm³/mol. The van der Waals surface area contributed by atoms with Gasteiger partial charge in [-0.2, -0.15) is 8.78 Å². The summed E-state index contributed by atoms with van der Waals surface area (Å²) in [5.41, 5.74) is 0. The van der Waals surface area contributed by atoms with Crippen molar-refractivity contribution in [2.24, 2.45) is 0 Å². The van der Waals surface area contributed by atoms with E-state index in [-0.39, 0.29) is 6.54 Å². The molecule has 0 aromatic carbocycles. The summed E-state index contributed by atoms with van der Waals surface area (Å²) in [4.78, 5) is 0. The number of hydrogen-bond acceptors (Lipinski definition) is 3. The lowest BCUT2D eigenvalue weighted by Crippen LogP contribution is -2.43. The fraction of sp³-hybridized carbons (Fsp3) is 1.00. The normalized spacial score (nSPS) is 13.3. The van der Waals surface area contributed by atoms with Gasteiger partial charge in [0.25, 0.3) is 0 Å². The molecule has 17 heavy (non-hydrogen) atoms. The van der Waals surface area contributed by atoms with Gasteiger partial charge >= 0.3 is 12.3 Å². The molecule has 0 bridgehead atoms. The molecular weight excluding hydrogens is 264 g/mol. The summed E-state index contributed by atoms with van der Waals surface area (Å²) < 4.78 is 72.1. The third-order valence-electron chi connectivity index (χ3n) is 1.82.